The highest BCUT2D eigenvalue weighted by atomic mass is 32.2. The number of para-hydroxylation sites is 2. The zero-order chi connectivity index (χ0) is 23.5. The SMILES string of the molecule is COc1ccc(OCCn2c([C@@H]3CC(=O)N(c4cccc(SC)c4)C3)nc3ccccc32)cc1. The zero-order valence-electron chi connectivity index (χ0n) is 19.3. The van der Waals surface area contributed by atoms with Gasteiger partial charge in [0.1, 0.15) is 23.9 Å². The van der Waals surface area contributed by atoms with E-state index in [0.29, 0.717) is 26.1 Å². The second-order valence-corrected chi connectivity index (χ2v) is 9.12. The summed E-state index contributed by atoms with van der Waals surface area (Å²) in [5.41, 5.74) is 2.95. The molecule has 0 unspecified atom stereocenters. The average molecular weight is 474 g/mol. The number of benzene rings is 3. The first-order valence-corrected chi connectivity index (χ1v) is 12.5. The number of rotatable bonds is 8. The molecule has 4 aromatic rings. The molecule has 34 heavy (non-hydrogen) atoms. The van der Waals surface area contributed by atoms with Crippen molar-refractivity contribution in [2.45, 2.75) is 23.8 Å². The Hall–Kier alpha value is -3.45. The molecular weight excluding hydrogens is 446 g/mol. The molecule has 0 bridgehead atoms. The predicted octanol–water partition coefficient (Wildman–Crippen LogP) is 5.37. The van der Waals surface area contributed by atoms with Crippen LogP contribution in [0.5, 0.6) is 11.5 Å². The van der Waals surface area contributed by atoms with Gasteiger partial charge in [0.2, 0.25) is 5.91 Å². The molecule has 1 fully saturated rings. The number of imidazole rings is 1. The molecule has 0 spiro atoms. The van der Waals surface area contributed by atoms with Crippen LogP contribution in [0.4, 0.5) is 5.69 Å². The summed E-state index contributed by atoms with van der Waals surface area (Å²) >= 11 is 1.68. The molecular formula is C27H27N3O3S. The summed E-state index contributed by atoms with van der Waals surface area (Å²) in [6.45, 7) is 1.77. The van der Waals surface area contributed by atoms with Crippen LogP contribution in [0.1, 0.15) is 18.2 Å². The second kappa shape index (κ2) is 9.81. The number of ether oxygens (including phenoxy) is 2. The van der Waals surface area contributed by atoms with Crippen LogP contribution in [0.15, 0.2) is 77.7 Å². The maximum Gasteiger partial charge on any atom is 0.227 e. The lowest BCUT2D eigenvalue weighted by Crippen LogP contribution is -2.24. The maximum absolute atomic E-state index is 13.0. The number of methoxy groups -OCH3 is 1. The highest BCUT2D eigenvalue weighted by molar-refractivity contribution is 7.98. The Morgan fingerprint density at radius 2 is 1.82 bits per heavy atom. The van der Waals surface area contributed by atoms with E-state index in [0.717, 1.165) is 38.9 Å². The quantitative estimate of drug-likeness (QED) is 0.322. The van der Waals surface area contributed by atoms with Crippen LogP contribution in [0.25, 0.3) is 11.0 Å². The number of carbonyl (C=O) groups is 1. The lowest BCUT2D eigenvalue weighted by atomic mass is 10.1. The molecule has 1 saturated heterocycles. The third-order valence-corrected chi connectivity index (χ3v) is 6.91. The van der Waals surface area contributed by atoms with E-state index in [1.54, 1.807) is 18.9 Å². The van der Waals surface area contributed by atoms with Crippen LogP contribution in [0.3, 0.4) is 0 Å². The minimum Gasteiger partial charge on any atom is -0.497 e. The Morgan fingerprint density at radius 3 is 2.62 bits per heavy atom. The van der Waals surface area contributed by atoms with Gasteiger partial charge < -0.3 is 18.9 Å². The minimum atomic E-state index is 0.0267. The minimum absolute atomic E-state index is 0.0267. The van der Waals surface area contributed by atoms with E-state index < -0.39 is 0 Å². The molecule has 1 aliphatic rings. The molecule has 174 valence electrons. The second-order valence-electron chi connectivity index (χ2n) is 8.24. The van der Waals surface area contributed by atoms with Crippen molar-refractivity contribution in [1.82, 2.24) is 9.55 Å². The topological polar surface area (TPSA) is 56.6 Å². The van der Waals surface area contributed by atoms with Gasteiger partial charge >= 0.3 is 0 Å². The summed E-state index contributed by atoms with van der Waals surface area (Å²) in [5.74, 6) is 2.70. The highest BCUT2D eigenvalue weighted by Gasteiger charge is 2.34. The largest absolute Gasteiger partial charge is 0.497 e. The molecule has 0 aliphatic carbocycles. The number of hydrogen-bond donors (Lipinski definition) is 0. The smallest absolute Gasteiger partial charge is 0.227 e. The number of thioether (sulfide) groups is 1. The molecule has 5 rings (SSSR count). The Kier molecular flexibility index (Phi) is 6.45. The van der Waals surface area contributed by atoms with Gasteiger partial charge in [-0.25, -0.2) is 4.98 Å². The summed E-state index contributed by atoms with van der Waals surface area (Å²) in [7, 11) is 1.65. The summed E-state index contributed by atoms with van der Waals surface area (Å²) in [6, 6.07) is 23.9. The van der Waals surface area contributed by atoms with E-state index in [1.807, 2.05) is 65.8 Å². The van der Waals surface area contributed by atoms with Crippen molar-refractivity contribution in [2.75, 3.05) is 31.4 Å². The van der Waals surface area contributed by atoms with Crippen molar-refractivity contribution in [3.05, 3.63) is 78.6 Å². The van der Waals surface area contributed by atoms with Crippen LogP contribution >= 0.6 is 11.8 Å². The van der Waals surface area contributed by atoms with E-state index in [9.17, 15) is 4.79 Å². The van der Waals surface area contributed by atoms with E-state index in [2.05, 4.69) is 22.8 Å². The number of aromatic nitrogens is 2. The fourth-order valence-corrected chi connectivity index (χ4v) is 4.93. The van der Waals surface area contributed by atoms with E-state index in [-0.39, 0.29) is 11.8 Å². The Morgan fingerprint density at radius 1 is 1.03 bits per heavy atom. The number of nitrogens with zero attached hydrogens (tertiary/aromatic N) is 3. The van der Waals surface area contributed by atoms with Gasteiger partial charge in [0.25, 0.3) is 0 Å². The first-order chi connectivity index (χ1) is 16.7. The van der Waals surface area contributed by atoms with Gasteiger partial charge in [0, 0.05) is 29.5 Å². The molecule has 1 aliphatic heterocycles. The van der Waals surface area contributed by atoms with Gasteiger partial charge in [-0.15, -0.1) is 11.8 Å². The normalized spacial score (nSPS) is 15.8. The molecule has 7 heteroatoms. The molecule has 6 nitrogen and oxygen atoms in total. The van der Waals surface area contributed by atoms with Gasteiger partial charge in [-0.3, -0.25) is 4.79 Å². The molecule has 2 heterocycles. The molecule has 1 amide bonds. The third-order valence-electron chi connectivity index (χ3n) is 6.18. The third kappa shape index (κ3) is 4.48. The zero-order valence-corrected chi connectivity index (χ0v) is 20.1. The molecule has 0 radical (unpaired) electrons. The van der Waals surface area contributed by atoms with Crippen LogP contribution in [-0.4, -0.2) is 42.0 Å². The standard InChI is InChI=1S/C27H27N3O3S/c1-32-21-10-12-22(13-11-21)33-15-14-29-25-9-4-3-8-24(25)28-27(29)19-16-26(31)30(18-19)20-6-5-7-23(17-20)34-2/h3-13,17,19H,14-16,18H2,1-2H3/t19-/m1/s1. The fraction of sp³-hybridized carbons (Fsp3) is 0.259. The molecule has 1 atom stereocenters. The first-order valence-electron chi connectivity index (χ1n) is 11.3. The lowest BCUT2D eigenvalue weighted by molar-refractivity contribution is -0.117. The van der Waals surface area contributed by atoms with Crippen molar-refractivity contribution < 1.29 is 14.3 Å². The number of anilines is 1. The Balaban J connectivity index is 1.37. The number of amides is 1. The van der Waals surface area contributed by atoms with Crippen molar-refractivity contribution in [1.29, 1.82) is 0 Å². The van der Waals surface area contributed by atoms with Crippen LogP contribution < -0.4 is 14.4 Å². The summed E-state index contributed by atoms with van der Waals surface area (Å²) in [6.07, 6.45) is 2.50. The Labute approximate surface area is 203 Å². The lowest BCUT2D eigenvalue weighted by Gasteiger charge is -2.18. The van der Waals surface area contributed by atoms with E-state index in [4.69, 9.17) is 14.5 Å². The van der Waals surface area contributed by atoms with Crippen molar-refractivity contribution in [3.8, 4) is 11.5 Å². The summed E-state index contributed by atoms with van der Waals surface area (Å²) < 4.78 is 13.4. The van der Waals surface area contributed by atoms with Crippen LogP contribution in [-0.2, 0) is 11.3 Å². The van der Waals surface area contributed by atoms with Crippen molar-refractivity contribution in [2.24, 2.45) is 0 Å². The van der Waals surface area contributed by atoms with Gasteiger partial charge in [-0.05, 0) is 60.9 Å². The molecule has 0 saturated carbocycles. The van der Waals surface area contributed by atoms with E-state index in [1.165, 1.54) is 0 Å². The van der Waals surface area contributed by atoms with Gasteiger partial charge in [0.15, 0.2) is 0 Å². The van der Waals surface area contributed by atoms with Gasteiger partial charge in [0.05, 0.1) is 24.7 Å². The maximum atomic E-state index is 13.0. The fourth-order valence-electron chi connectivity index (χ4n) is 4.48. The van der Waals surface area contributed by atoms with E-state index >= 15 is 0 Å². The number of hydrogen-bond acceptors (Lipinski definition) is 5. The highest BCUT2D eigenvalue weighted by Crippen LogP contribution is 2.34. The van der Waals surface area contributed by atoms with Crippen LogP contribution in [0.2, 0.25) is 0 Å². The number of carbonyl (C=O) groups excluding carboxylic acids is 1. The molecule has 3 aromatic carbocycles. The van der Waals surface area contributed by atoms with Crippen LogP contribution in [0, 0.1) is 0 Å². The molecule has 0 N–H and O–H groups in total. The van der Waals surface area contributed by atoms with Crippen molar-refractivity contribution in [3.63, 3.8) is 0 Å². The van der Waals surface area contributed by atoms with Crippen molar-refractivity contribution >= 4 is 34.4 Å². The number of fused-ring (bicyclic) bond motifs is 1. The monoisotopic (exact) mass is 473 g/mol. The Bertz CT molecular complexity index is 1300. The molecule has 1 aromatic heterocycles. The average Bonchev–Trinajstić information content (AvgIpc) is 3.45. The predicted molar refractivity (Wildman–Crippen MR) is 136 cm³/mol. The summed E-state index contributed by atoms with van der Waals surface area (Å²) in [4.78, 5) is 21.0. The summed E-state index contributed by atoms with van der Waals surface area (Å²) in [5, 5.41) is 0. The first kappa shape index (κ1) is 22.3. The van der Waals surface area contributed by atoms with Gasteiger partial charge in [-0.2, -0.15) is 0 Å². The van der Waals surface area contributed by atoms with Gasteiger partial charge in [-0.1, -0.05) is 18.2 Å².